The number of hydrogen-bond donors (Lipinski definition) is 3. The molecule has 0 heterocycles. The van der Waals surface area contributed by atoms with Crippen molar-refractivity contribution < 1.29 is 14.4 Å². The summed E-state index contributed by atoms with van der Waals surface area (Å²) in [5.41, 5.74) is 5.50. The van der Waals surface area contributed by atoms with Gasteiger partial charge in [-0.15, -0.1) is 0 Å². The Morgan fingerprint density at radius 3 is 2.71 bits per heavy atom. The number of nitrogens with two attached hydrogens (primary N) is 1. The van der Waals surface area contributed by atoms with Gasteiger partial charge >= 0.3 is 0 Å². The number of benzene rings is 1. The molecule has 0 saturated heterocycles. The Hall–Kier alpha value is -2.11. The van der Waals surface area contributed by atoms with Crippen molar-refractivity contribution in [3.63, 3.8) is 0 Å². The lowest BCUT2D eigenvalue weighted by Crippen LogP contribution is -2.33. The number of amidine groups is 1. The zero-order valence-electron chi connectivity index (χ0n) is 12.0. The molecule has 0 bridgehead atoms. The van der Waals surface area contributed by atoms with Crippen molar-refractivity contribution in [3.8, 4) is 0 Å². The van der Waals surface area contributed by atoms with Crippen molar-refractivity contribution in [2.75, 3.05) is 5.32 Å². The number of oxime groups is 1. The molecule has 0 atom stereocenters. The van der Waals surface area contributed by atoms with Crippen molar-refractivity contribution in [1.29, 1.82) is 0 Å². The SMILES string of the molecule is CCC1(C(=O)Nc2ccc(F)c(/C(N)=N/O)c2)CCCC1. The van der Waals surface area contributed by atoms with Gasteiger partial charge < -0.3 is 16.3 Å². The molecule has 1 aromatic rings. The van der Waals surface area contributed by atoms with E-state index >= 15 is 0 Å². The molecule has 0 aromatic heterocycles. The van der Waals surface area contributed by atoms with Crippen LogP contribution >= 0.6 is 0 Å². The van der Waals surface area contributed by atoms with Crippen LogP contribution in [0.25, 0.3) is 0 Å². The van der Waals surface area contributed by atoms with Crippen molar-refractivity contribution in [2.24, 2.45) is 16.3 Å². The second-order valence-corrected chi connectivity index (χ2v) is 5.47. The monoisotopic (exact) mass is 293 g/mol. The molecule has 1 amide bonds. The topological polar surface area (TPSA) is 87.7 Å². The van der Waals surface area contributed by atoms with E-state index in [0.717, 1.165) is 32.1 Å². The zero-order chi connectivity index (χ0) is 15.5. The van der Waals surface area contributed by atoms with Gasteiger partial charge in [-0.05, 0) is 37.5 Å². The Bertz CT molecular complexity index is 566. The third kappa shape index (κ3) is 2.99. The van der Waals surface area contributed by atoms with Gasteiger partial charge in [0.2, 0.25) is 5.91 Å². The highest BCUT2D eigenvalue weighted by molar-refractivity contribution is 6.00. The van der Waals surface area contributed by atoms with E-state index in [1.807, 2.05) is 6.92 Å². The van der Waals surface area contributed by atoms with Crippen LogP contribution in [0.4, 0.5) is 10.1 Å². The molecular formula is C15H20FN3O2. The van der Waals surface area contributed by atoms with Gasteiger partial charge in [-0.25, -0.2) is 4.39 Å². The molecule has 2 rings (SSSR count). The average Bonchev–Trinajstić information content (AvgIpc) is 2.98. The highest BCUT2D eigenvalue weighted by Crippen LogP contribution is 2.41. The molecule has 114 valence electrons. The number of nitrogens with one attached hydrogen (secondary N) is 1. The van der Waals surface area contributed by atoms with Gasteiger partial charge in [-0.2, -0.15) is 0 Å². The predicted octanol–water partition coefficient (Wildman–Crippen LogP) is 2.83. The highest BCUT2D eigenvalue weighted by atomic mass is 19.1. The summed E-state index contributed by atoms with van der Waals surface area (Å²) in [6, 6.07) is 4.04. The molecule has 1 aliphatic rings. The van der Waals surface area contributed by atoms with Crippen molar-refractivity contribution in [2.45, 2.75) is 39.0 Å². The van der Waals surface area contributed by atoms with Gasteiger partial charge in [0.1, 0.15) is 5.82 Å². The van der Waals surface area contributed by atoms with Crippen molar-refractivity contribution in [1.82, 2.24) is 0 Å². The number of anilines is 1. The van der Waals surface area contributed by atoms with Gasteiger partial charge in [0.05, 0.1) is 5.56 Å². The Labute approximate surface area is 123 Å². The van der Waals surface area contributed by atoms with Gasteiger partial charge in [0.25, 0.3) is 0 Å². The average molecular weight is 293 g/mol. The molecule has 1 fully saturated rings. The lowest BCUT2D eigenvalue weighted by Gasteiger charge is -2.26. The van der Waals surface area contributed by atoms with Crippen LogP contribution in [0.3, 0.4) is 0 Å². The number of rotatable bonds is 4. The Balaban J connectivity index is 2.22. The summed E-state index contributed by atoms with van der Waals surface area (Å²) in [5.74, 6) is -0.969. The second kappa shape index (κ2) is 6.11. The van der Waals surface area contributed by atoms with Gasteiger partial charge in [0, 0.05) is 11.1 Å². The molecule has 6 heteroatoms. The van der Waals surface area contributed by atoms with Crippen LogP contribution in [-0.2, 0) is 4.79 Å². The number of hydrogen-bond acceptors (Lipinski definition) is 3. The van der Waals surface area contributed by atoms with Crippen LogP contribution in [0.15, 0.2) is 23.4 Å². The maximum atomic E-state index is 13.6. The van der Waals surface area contributed by atoms with E-state index in [2.05, 4.69) is 10.5 Å². The molecule has 0 unspecified atom stereocenters. The Morgan fingerprint density at radius 1 is 1.48 bits per heavy atom. The third-order valence-electron chi connectivity index (χ3n) is 4.33. The van der Waals surface area contributed by atoms with Gasteiger partial charge in [-0.3, -0.25) is 4.79 Å². The van der Waals surface area contributed by atoms with Crippen molar-refractivity contribution >= 4 is 17.4 Å². The maximum absolute atomic E-state index is 13.6. The minimum atomic E-state index is -0.602. The largest absolute Gasteiger partial charge is 0.409 e. The summed E-state index contributed by atoms with van der Waals surface area (Å²) in [5, 5.41) is 14.3. The van der Waals surface area contributed by atoms with Crippen LogP contribution in [0.5, 0.6) is 0 Å². The van der Waals surface area contributed by atoms with Crippen LogP contribution in [0, 0.1) is 11.2 Å². The van der Waals surface area contributed by atoms with E-state index < -0.39 is 5.82 Å². The Kier molecular flexibility index (Phi) is 4.45. The quantitative estimate of drug-likeness (QED) is 0.345. The van der Waals surface area contributed by atoms with E-state index in [9.17, 15) is 9.18 Å². The first-order valence-electron chi connectivity index (χ1n) is 7.11. The van der Waals surface area contributed by atoms with Crippen LogP contribution < -0.4 is 11.1 Å². The zero-order valence-corrected chi connectivity index (χ0v) is 12.0. The molecule has 4 N–H and O–H groups in total. The molecular weight excluding hydrogens is 273 g/mol. The van der Waals surface area contributed by atoms with E-state index in [-0.39, 0.29) is 22.7 Å². The smallest absolute Gasteiger partial charge is 0.230 e. The first kappa shape index (κ1) is 15.3. The molecule has 0 aliphatic heterocycles. The van der Waals surface area contributed by atoms with Crippen LogP contribution in [0.1, 0.15) is 44.6 Å². The first-order chi connectivity index (χ1) is 10.0. The molecule has 1 aliphatic carbocycles. The highest BCUT2D eigenvalue weighted by Gasteiger charge is 2.39. The normalized spacial score (nSPS) is 17.7. The number of amides is 1. The molecule has 5 nitrogen and oxygen atoms in total. The van der Waals surface area contributed by atoms with E-state index in [4.69, 9.17) is 10.9 Å². The molecule has 1 aromatic carbocycles. The third-order valence-corrected chi connectivity index (χ3v) is 4.33. The number of carbonyl (C=O) groups excluding carboxylic acids is 1. The molecule has 0 spiro atoms. The van der Waals surface area contributed by atoms with E-state index in [1.165, 1.54) is 18.2 Å². The number of halogens is 1. The molecule has 0 radical (unpaired) electrons. The molecule has 21 heavy (non-hydrogen) atoms. The van der Waals surface area contributed by atoms with E-state index in [1.54, 1.807) is 0 Å². The predicted molar refractivity (Wildman–Crippen MR) is 78.7 cm³/mol. The number of nitrogens with zero attached hydrogens (tertiary/aromatic N) is 1. The summed E-state index contributed by atoms with van der Waals surface area (Å²) < 4.78 is 13.6. The van der Waals surface area contributed by atoms with Crippen molar-refractivity contribution in [3.05, 3.63) is 29.6 Å². The fourth-order valence-corrected chi connectivity index (χ4v) is 2.91. The summed E-state index contributed by atoms with van der Waals surface area (Å²) >= 11 is 0. The lowest BCUT2D eigenvalue weighted by atomic mass is 9.82. The summed E-state index contributed by atoms with van der Waals surface area (Å²) in [6.07, 6.45) is 4.65. The second-order valence-electron chi connectivity index (χ2n) is 5.47. The molecule has 1 saturated carbocycles. The Morgan fingerprint density at radius 2 is 2.14 bits per heavy atom. The van der Waals surface area contributed by atoms with Crippen LogP contribution in [0.2, 0.25) is 0 Å². The fraction of sp³-hybridized carbons (Fsp3) is 0.467. The summed E-state index contributed by atoms with van der Waals surface area (Å²) in [7, 11) is 0. The fourth-order valence-electron chi connectivity index (χ4n) is 2.91. The van der Waals surface area contributed by atoms with Gasteiger partial charge in [0.15, 0.2) is 5.84 Å². The van der Waals surface area contributed by atoms with Crippen LogP contribution in [-0.4, -0.2) is 17.0 Å². The lowest BCUT2D eigenvalue weighted by molar-refractivity contribution is -0.125. The maximum Gasteiger partial charge on any atom is 0.230 e. The minimum Gasteiger partial charge on any atom is -0.409 e. The first-order valence-corrected chi connectivity index (χ1v) is 7.11. The minimum absolute atomic E-state index is 0.0349. The van der Waals surface area contributed by atoms with E-state index in [0.29, 0.717) is 5.69 Å². The summed E-state index contributed by atoms with van der Waals surface area (Å²) in [6.45, 7) is 2.01. The van der Waals surface area contributed by atoms with Gasteiger partial charge in [-0.1, -0.05) is 24.9 Å². The standard InChI is InChI=1S/C15H20FN3O2/c1-2-15(7-3-4-8-15)14(20)18-10-5-6-12(16)11(9-10)13(17)19-21/h5-6,9,21H,2-4,7-8H2,1H3,(H2,17,19)(H,18,20). The summed E-state index contributed by atoms with van der Waals surface area (Å²) in [4.78, 5) is 12.5. The number of carbonyl (C=O) groups is 1.